The van der Waals surface area contributed by atoms with E-state index in [4.69, 9.17) is 5.84 Å². The van der Waals surface area contributed by atoms with Gasteiger partial charge < -0.3 is 10.3 Å². The van der Waals surface area contributed by atoms with Crippen molar-refractivity contribution < 1.29 is 4.92 Å². The number of nitro groups is 1. The van der Waals surface area contributed by atoms with Crippen LogP contribution in [0.3, 0.4) is 0 Å². The van der Waals surface area contributed by atoms with Crippen molar-refractivity contribution >= 4 is 11.4 Å². The molecule has 0 aliphatic carbocycles. The molecule has 0 amide bonds. The van der Waals surface area contributed by atoms with Crippen molar-refractivity contribution in [2.45, 2.75) is 32.7 Å². The van der Waals surface area contributed by atoms with Crippen LogP contribution in [0.4, 0.5) is 11.4 Å². The maximum atomic E-state index is 10.9. The summed E-state index contributed by atoms with van der Waals surface area (Å²) in [5, 5.41) is 10.9. The van der Waals surface area contributed by atoms with Gasteiger partial charge in [-0.3, -0.25) is 16.0 Å². The molecule has 0 saturated heterocycles. The largest absolute Gasteiger partial charge is 0.318 e. The normalized spacial score (nSPS) is 10.7. The molecule has 0 unspecified atom stereocenters. The molecular formula is C13H22N4O2. The molecule has 0 aliphatic rings. The van der Waals surface area contributed by atoms with Gasteiger partial charge in [0.05, 0.1) is 4.92 Å². The third-order valence-corrected chi connectivity index (χ3v) is 3.05. The summed E-state index contributed by atoms with van der Waals surface area (Å²) in [6.07, 6.45) is 3.51. The molecular weight excluding hydrogens is 244 g/mol. The monoisotopic (exact) mass is 266 g/mol. The number of nitrogens with two attached hydrogens (primary N) is 1. The Balaban J connectivity index is 2.77. The Morgan fingerprint density at radius 2 is 2.16 bits per heavy atom. The third kappa shape index (κ3) is 4.50. The fourth-order valence-corrected chi connectivity index (χ4v) is 2.04. The molecule has 0 fully saturated rings. The minimum absolute atomic E-state index is 0.0157. The van der Waals surface area contributed by atoms with Gasteiger partial charge in [0.25, 0.3) is 5.69 Å². The summed E-state index contributed by atoms with van der Waals surface area (Å²) in [4.78, 5) is 12.7. The van der Waals surface area contributed by atoms with Crippen LogP contribution in [-0.2, 0) is 6.54 Å². The number of nitro benzene ring substituents is 1. The molecule has 1 aromatic rings. The van der Waals surface area contributed by atoms with Crippen LogP contribution in [0.15, 0.2) is 18.2 Å². The number of hydrazine groups is 1. The minimum Gasteiger partial charge on any atom is -0.318 e. The summed E-state index contributed by atoms with van der Waals surface area (Å²) in [5.41, 5.74) is 3.71. The zero-order valence-corrected chi connectivity index (χ0v) is 11.6. The Hall–Kier alpha value is -1.66. The van der Waals surface area contributed by atoms with Crippen molar-refractivity contribution in [2.24, 2.45) is 5.84 Å². The van der Waals surface area contributed by atoms with Gasteiger partial charge in [-0.15, -0.1) is 0 Å². The molecule has 0 bridgehead atoms. The fraction of sp³-hybridized carbons (Fsp3) is 0.538. The second-order valence-electron chi connectivity index (χ2n) is 4.66. The highest BCUT2D eigenvalue weighted by molar-refractivity contribution is 5.65. The molecule has 1 aromatic carbocycles. The van der Waals surface area contributed by atoms with Crippen LogP contribution in [0.2, 0.25) is 0 Å². The van der Waals surface area contributed by atoms with Crippen LogP contribution in [0.1, 0.15) is 31.7 Å². The van der Waals surface area contributed by atoms with Gasteiger partial charge in [-0.2, -0.15) is 0 Å². The zero-order valence-electron chi connectivity index (χ0n) is 11.6. The molecule has 106 valence electrons. The molecule has 0 radical (unpaired) electrons. The number of nitrogen functional groups attached to an aromatic ring is 1. The molecule has 6 heteroatoms. The molecule has 0 spiro atoms. The van der Waals surface area contributed by atoms with Gasteiger partial charge in [0.1, 0.15) is 5.69 Å². The average molecular weight is 266 g/mol. The quantitative estimate of drug-likeness (QED) is 0.327. The SMILES string of the molecule is CCCCCN(C)Cc1cccc([N+](=O)[O-])c1NN. The lowest BCUT2D eigenvalue weighted by Crippen LogP contribution is -2.21. The average Bonchev–Trinajstić information content (AvgIpc) is 2.38. The maximum absolute atomic E-state index is 10.9. The lowest BCUT2D eigenvalue weighted by atomic mass is 10.1. The van der Waals surface area contributed by atoms with Crippen LogP contribution in [0.5, 0.6) is 0 Å². The highest BCUT2D eigenvalue weighted by Gasteiger charge is 2.17. The van der Waals surface area contributed by atoms with Gasteiger partial charge in [-0.05, 0) is 25.6 Å². The first-order valence-electron chi connectivity index (χ1n) is 6.51. The predicted molar refractivity (Wildman–Crippen MR) is 76.8 cm³/mol. The van der Waals surface area contributed by atoms with Gasteiger partial charge in [-0.1, -0.05) is 31.9 Å². The molecule has 0 atom stereocenters. The summed E-state index contributed by atoms with van der Waals surface area (Å²) >= 11 is 0. The van der Waals surface area contributed by atoms with E-state index in [1.54, 1.807) is 6.07 Å². The number of para-hydroxylation sites is 1. The number of rotatable bonds is 8. The van der Waals surface area contributed by atoms with E-state index in [1.165, 1.54) is 18.9 Å². The summed E-state index contributed by atoms with van der Waals surface area (Å²) in [5.74, 6) is 5.41. The van der Waals surface area contributed by atoms with Gasteiger partial charge in [0, 0.05) is 12.6 Å². The van der Waals surface area contributed by atoms with Crippen LogP contribution in [0.25, 0.3) is 0 Å². The van der Waals surface area contributed by atoms with Crippen molar-refractivity contribution in [3.8, 4) is 0 Å². The van der Waals surface area contributed by atoms with E-state index in [2.05, 4.69) is 17.2 Å². The molecule has 0 aromatic heterocycles. The first-order chi connectivity index (χ1) is 9.10. The minimum atomic E-state index is -0.421. The van der Waals surface area contributed by atoms with E-state index in [0.29, 0.717) is 12.2 Å². The fourth-order valence-electron chi connectivity index (χ4n) is 2.04. The summed E-state index contributed by atoms with van der Waals surface area (Å²) in [7, 11) is 2.01. The van der Waals surface area contributed by atoms with Gasteiger partial charge in [0.15, 0.2) is 0 Å². The lowest BCUT2D eigenvalue weighted by molar-refractivity contribution is -0.384. The second-order valence-corrected chi connectivity index (χ2v) is 4.66. The first-order valence-corrected chi connectivity index (χ1v) is 6.51. The lowest BCUT2D eigenvalue weighted by Gasteiger charge is -2.18. The van der Waals surface area contributed by atoms with E-state index < -0.39 is 4.92 Å². The highest BCUT2D eigenvalue weighted by Crippen LogP contribution is 2.28. The van der Waals surface area contributed by atoms with Crippen molar-refractivity contribution in [1.82, 2.24) is 4.90 Å². The zero-order chi connectivity index (χ0) is 14.3. The second kappa shape index (κ2) is 7.70. The van der Waals surface area contributed by atoms with E-state index in [1.807, 2.05) is 13.1 Å². The molecule has 0 aliphatic heterocycles. The van der Waals surface area contributed by atoms with Crippen LogP contribution in [-0.4, -0.2) is 23.4 Å². The molecule has 1 rings (SSSR count). The van der Waals surface area contributed by atoms with Gasteiger partial charge in [0.2, 0.25) is 0 Å². The van der Waals surface area contributed by atoms with E-state index in [-0.39, 0.29) is 5.69 Å². The highest BCUT2D eigenvalue weighted by atomic mass is 16.6. The van der Waals surface area contributed by atoms with Crippen molar-refractivity contribution in [3.63, 3.8) is 0 Å². The summed E-state index contributed by atoms with van der Waals surface area (Å²) < 4.78 is 0. The number of nitrogens with zero attached hydrogens (tertiary/aromatic N) is 2. The first kappa shape index (κ1) is 15.4. The standard InChI is InChI=1S/C13H22N4O2/c1-3-4-5-9-16(2)10-11-7-6-8-12(17(18)19)13(11)15-14/h6-8,15H,3-5,9-10,14H2,1-2H3. The number of anilines is 1. The van der Waals surface area contributed by atoms with Crippen LogP contribution >= 0.6 is 0 Å². The Labute approximate surface area is 113 Å². The topological polar surface area (TPSA) is 84.4 Å². The molecule has 3 N–H and O–H groups in total. The summed E-state index contributed by atoms with van der Waals surface area (Å²) in [6, 6.07) is 5.00. The number of hydrogen-bond acceptors (Lipinski definition) is 5. The molecule has 0 saturated carbocycles. The van der Waals surface area contributed by atoms with Crippen LogP contribution < -0.4 is 11.3 Å². The number of benzene rings is 1. The Bertz CT molecular complexity index is 423. The maximum Gasteiger partial charge on any atom is 0.293 e. The van der Waals surface area contributed by atoms with Gasteiger partial charge in [-0.25, -0.2) is 0 Å². The predicted octanol–water partition coefficient (Wildman–Crippen LogP) is 2.50. The number of nitrogens with one attached hydrogen (secondary N) is 1. The van der Waals surface area contributed by atoms with E-state index >= 15 is 0 Å². The molecule has 6 nitrogen and oxygen atoms in total. The number of unbranched alkanes of at least 4 members (excludes halogenated alkanes) is 2. The Kier molecular flexibility index (Phi) is 6.24. The van der Waals surface area contributed by atoms with E-state index in [0.717, 1.165) is 18.5 Å². The van der Waals surface area contributed by atoms with E-state index in [9.17, 15) is 10.1 Å². The Morgan fingerprint density at radius 1 is 1.42 bits per heavy atom. The van der Waals surface area contributed by atoms with Crippen LogP contribution in [0, 0.1) is 10.1 Å². The molecule has 19 heavy (non-hydrogen) atoms. The van der Waals surface area contributed by atoms with Crippen molar-refractivity contribution in [1.29, 1.82) is 0 Å². The van der Waals surface area contributed by atoms with Crippen molar-refractivity contribution in [2.75, 3.05) is 19.0 Å². The summed E-state index contributed by atoms with van der Waals surface area (Å²) in [6.45, 7) is 3.78. The van der Waals surface area contributed by atoms with Gasteiger partial charge >= 0.3 is 0 Å². The number of hydrogen-bond donors (Lipinski definition) is 2. The Morgan fingerprint density at radius 3 is 2.74 bits per heavy atom. The smallest absolute Gasteiger partial charge is 0.293 e. The van der Waals surface area contributed by atoms with Crippen molar-refractivity contribution in [3.05, 3.63) is 33.9 Å². The third-order valence-electron chi connectivity index (χ3n) is 3.05. The molecule has 0 heterocycles.